The number of urea groups is 1. The lowest BCUT2D eigenvalue weighted by Gasteiger charge is -2.38. The molecule has 2 atom stereocenters. The second kappa shape index (κ2) is 5.80. The number of nitrogens with zero attached hydrogens (tertiary/aromatic N) is 1. The van der Waals surface area contributed by atoms with Crippen LogP contribution in [-0.2, 0) is 4.79 Å². The average molecular weight is 268 g/mol. The fraction of sp³-hybridized carbons (Fsp3) is 0.857. The van der Waals surface area contributed by atoms with Crippen molar-refractivity contribution >= 4 is 12.0 Å². The monoisotopic (exact) mass is 268 g/mol. The van der Waals surface area contributed by atoms with E-state index in [9.17, 15) is 9.59 Å². The number of nitrogens with one attached hydrogen (secondary N) is 1. The first-order chi connectivity index (χ1) is 8.97. The molecule has 2 rings (SSSR count). The van der Waals surface area contributed by atoms with Gasteiger partial charge in [0.15, 0.2) is 0 Å². The minimum absolute atomic E-state index is 0.0370. The van der Waals surface area contributed by atoms with Gasteiger partial charge in [0, 0.05) is 25.0 Å². The molecule has 2 bridgehead atoms. The smallest absolute Gasteiger partial charge is 0.317 e. The van der Waals surface area contributed by atoms with Gasteiger partial charge in [-0.15, -0.1) is 0 Å². The Morgan fingerprint density at radius 3 is 2.32 bits per heavy atom. The number of carbonyl (C=O) groups excluding carboxylic acids is 1. The van der Waals surface area contributed by atoms with Crippen molar-refractivity contribution in [1.82, 2.24) is 10.2 Å². The number of carboxylic acids is 1. The number of hydrogen-bond acceptors (Lipinski definition) is 2. The predicted octanol–water partition coefficient (Wildman–Crippen LogP) is 2.07. The van der Waals surface area contributed by atoms with Crippen molar-refractivity contribution in [3.05, 3.63) is 0 Å². The molecule has 0 aliphatic carbocycles. The summed E-state index contributed by atoms with van der Waals surface area (Å²) in [6.45, 7) is 4.86. The summed E-state index contributed by atoms with van der Waals surface area (Å²) in [5.74, 6) is -0.0302. The van der Waals surface area contributed by atoms with E-state index >= 15 is 0 Å². The maximum absolute atomic E-state index is 12.2. The highest BCUT2D eigenvalue weighted by Crippen LogP contribution is 2.39. The molecule has 5 heteroatoms. The molecule has 0 aromatic heterocycles. The Balaban J connectivity index is 1.91. The second-order valence-electron chi connectivity index (χ2n) is 6.31. The van der Waals surface area contributed by atoms with Gasteiger partial charge in [-0.25, -0.2) is 4.79 Å². The van der Waals surface area contributed by atoms with Crippen molar-refractivity contribution in [3.63, 3.8) is 0 Å². The van der Waals surface area contributed by atoms with Gasteiger partial charge in [-0.3, -0.25) is 4.79 Å². The van der Waals surface area contributed by atoms with Crippen LogP contribution in [0, 0.1) is 11.8 Å². The third kappa shape index (κ3) is 3.39. The topological polar surface area (TPSA) is 69.6 Å². The quantitative estimate of drug-likeness (QED) is 0.820. The summed E-state index contributed by atoms with van der Waals surface area (Å²) in [7, 11) is 0. The van der Waals surface area contributed by atoms with Crippen molar-refractivity contribution < 1.29 is 14.7 Å². The summed E-state index contributed by atoms with van der Waals surface area (Å²) < 4.78 is 0. The van der Waals surface area contributed by atoms with Crippen LogP contribution < -0.4 is 5.32 Å². The highest BCUT2D eigenvalue weighted by Gasteiger charge is 2.43. The van der Waals surface area contributed by atoms with Gasteiger partial charge < -0.3 is 15.3 Å². The number of amides is 2. The standard InChI is InChI=1S/C14H24N2O3/c1-9(2)8-15-14(19)16-11-3-4-12(16)6-10(5-11)7-13(17)18/h9-12H,3-8H2,1-2H3,(H,15,19)(H,17,18). The van der Waals surface area contributed by atoms with Gasteiger partial charge in [-0.05, 0) is 37.5 Å². The Bertz CT molecular complexity index is 343. The molecule has 0 saturated carbocycles. The molecular weight excluding hydrogens is 244 g/mol. The zero-order chi connectivity index (χ0) is 14.0. The first-order valence-electron chi connectivity index (χ1n) is 7.25. The van der Waals surface area contributed by atoms with E-state index < -0.39 is 5.97 Å². The maximum atomic E-state index is 12.2. The van der Waals surface area contributed by atoms with E-state index in [4.69, 9.17) is 5.11 Å². The second-order valence-corrected chi connectivity index (χ2v) is 6.31. The molecule has 108 valence electrons. The van der Waals surface area contributed by atoms with E-state index in [2.05, 4.69) is 19.2 Å². The number of rotatable bonds is 4. The normalized spacial score (nSPS) is 29.6. The average Bonchev–Trinajstić information content (AvgIpc) is 2.57. The SMILES string of the molecule is CC(C)CNC(=O)N1C2CCC1CC(CC(=O)O)C2. The summed E-state index contributed by atoms with van der Waals surface area (Å²) in [5.41, 5.74) is 0. The van der Waals surface area contributed by atoms with Crippen LogP contribution in [0.4, 0.5) is 4.79 Å². The highest BCUT2D eigenvalue weighted by atomic mass is 16.4. The van der Waals surface area contributed by atoms with Gasteiger partial charge in [0.25, 0.3) is 0 Å². The van der Waals surface area contributed by atoms with Crippen LogP contribution in [0.25, 0.3) is 0 Å². The van der Waals surface area contributed by atoms with Gasteiger partial charge in [0.1, 0.15) is 0 Å². The third-order valence-electron chi connectivity index (χ3n) is 4.19. The Kier molecular flexibility index (Phi) is 4.32. The van der Waals surface area contributed by atoms with Crippen LogP contribution in [0.5, 0.6) is 0 Å². The van der Waals surface area contributed by atoms with Gasteiger partial charge in [0.2, 0.25) is 0 Å². The molecule has 2 saturated heterocycles. The molecule has 2 fully saturated rings. The van der Waals surface area contributed by atoms with E-state index in [-0.39, 0.29) is 30.5 Å². The first-order valence-corrected chi connectivity index (χ1v) is 7.25. The summed E-state index contributed by atoms with van der Waals surface area (Å²) in [6.07, 6.45) is 3.98. The van der Waals surface area contributed by atoms with E-state index in [0.717, 1.165) is 25.7 Å². The van der Waals surface area contributed by atoms with Crippen molar-refractivity contribution in [2.24, 2.45) is 11.8 Å². The third-order valence-corrected chi connectivity index (χ3v) is 4.19. The zero-order valence-corrected chi connectivity index (χ0v) is 11.8. The van der Waals surface area contributed by atoms with Gasteiger partial charge in [-0.1, -0.05) is 13.8 Å². The Hall–Kier alpha value is -1.26. The molecule has 2 aliphatic rings. The van der Waals surface area contributed by atoms with Crippen molar-refractivity contribution in [2.45, 2.75) is 58.0 Å². The van der Waals surface area contributed by atoms with Crippen molar-refractivity contribution in [3.8, 4) is 0 Å². The van der Waals surface area contributed by atoms with Crippen LogP contribution in [0.3, 0.4) is 0 Å². The minimum Gasteiger partial charge on any atom is -0.481 e. The minimum atomic E-state index is -0.720. The van der Waals surface area contributed by atoms with Crippen LogP contribution in [-0.4, -0.2) is 40.6 Å². The van der Waals surface area contributed by atoms with E-state index in [1.165, 1.54) is 0 Å². The molecule has 2 amide bonds. The van der Waals surface area contributed by atoms with Gasteiger partial charge in [0.05, 0.1) is 0 Å². The molecule has 5 nitrogen and oxygen atoms in total. The van der Waals surface area contributed by atoms with Crippen LogP contribution in [0.2, 0.25) is 0 Å². The van der Waals surface area contributed by atoms with Crippen LogP contribution in [0.15, 0.2) is 0 Å². The van der Waals surface area contributed by atoms with Crippen LogP contribution >= 0.6 is 0 Å². The summed E-state index contributed by atoms with van der Waals surface area (Å²) >= 11 is 0. The fourth-order valence-corrected chi connectivity index (χ4v) is 3.42. The largest absolute Gasteiger partial charge is 0.481 e. The Labute approximate surface area is 114 Å². The van der Waals surface area contributed by atoms with Crippen molar-refractivity contribution in [1.29, 1.82) is 0 Å². The van der Waals surface area contributed by atoms with Crippen molar-refractivity contribution in [2.75, 3.05) is 6.54 Å². The molecule has 0 spiro atoms. The van der Waals surface area contributed by atoms with Crippen LogP contribution in [0.1, 0.15) is 46.0 Å². The molecule has 2 heterocycles. The maximum Gasteiger partial charge on any atom is 0.317 e. The molecular formula is C14H24N2O3. The number of carbonyl (C=O) groups is 2. The molecule has 0 aromatic rings. The van der Waals surface area contributed by atoms with E-state index in [1.54, 1.807) is 0 Å². The first kappa shape index (κ1) is 14.2. The number of piperidine rings is 1. The van der Waals surface area contributed by atoms with E-state index in [0.29, 0.717) is 12.5 Å². The molecule has 2 aliphatic heterocycles. The Morgan fingerprint density at radius 2 is 1.84 bits per heavy atom. The Morgan fingerprint density at radius 1 is 1.26 bits per heavy atom. The molecule has 0 aromatic carbocycles. The van der Waals surface area contributed by atoms with Gasteiger partial charge in [-0.2, -0.15) is 0 Å². The summed E-state index contributed by atoms with van der Waals surface area (Å²) in [5, 5.41) is 11.9. The van der Waals surface area contributed by atoms with E-state index in [1.807, 2.05) is 4.90 Å². The predicted molar refractivity (Wildman–Crippen MR) is 71.9 cm³/mol. The molecule has 19 heavy (non-hydrogen) atoms. The summed E-state index contributed by atoms with van der Waals surface area (Å²) in [6, 6.07) is 0.528. The number of carboxylic acid groups (broad SMARTS) is 1. The number of aliphatic carboxylic acids is 1. The highest BCUT2D eigenvalue weighted by molar-refractivity contribution is 5.75. The molecule has 0 radical (unpaired) electrons. The number of hydrogen-bond donors (Lipinski definition) is 2. The number of fused-ring (bicyclic) bond motifs is 2. The lowest BCUT2D eigenvalue weighted by Crippen LogP contribution is -2.51. The fourth-order valence-electron chi connectivity index (χ4n) is 3.42. The molecule has 2 unspecified atom stereocenters. The molecule has 2 N–H and O–H groups in total. The zero-order valence-electron chi connectivity index (χ0n) is 11.8. The lowest BCUT2D eigenvalue weighted by molar-refractivity contribution is -0.138. The van der Waals surface area contributed by atoms with Gasteiger partial charge >= 0.3 is 12.0 Å². The summed E-state index contributed by atoms with van der Waals surface area (Å²) in [4.78, 5) is 25.0. The lowest BCUT2D eigenvalue weighted by atomic mass is 9.88.